The molecular weight excluding hydrogens is 367 g/mol. The number of aromatic nitrogens is 4. The number of nitrogens with one attached hydrogen (secondary N) is 1. The summed E-state index contributed by atoms with van der Waals surface area (Å²) in [6.45, 7) is 10.3. The van der Waals surface area contributed by atoms with Crippen LogP contribution < -0.4 is 5.56 Å². The number of nitrogens with zero attached hydrogens (tertiary/aromatic N) is 3. The van der Waals surface area contributed by atoms with Crippen LogP contribution in [-0.2, 0) is 5.41 Å². The summed E-state index contributed by atoms with van der Waals surface area (Å²) >= 11 is 2.06. The predicted molar refractivity (Wildman–Crippen MR) is 87.9 cm³/mol. The molecule has 0 fully saturated rings. The molecular formula is C14H19IN4O. The molecule has 2 rings (SSSR count). The normalized spacial score (nSPS) is 12.2. The Kier molecular flexibility index (Phi) is 4.04. The Balaban J connectivity index is 2.68. The zero-order chi connectivity index (χ0) is 15.1. The van der Waals surface area contributed by atoms with Crippen molar-refractivity contribution in [3.05, 3.63) is 32.1 Å². The van der Waals surface area contributed by atoms with Crippen LogP contribution in [-0.4, -0.2) is 19.5 Å². The van der Waals surface area contributed by atoms with Crippen LogP contribution >= 0.6 is 22.6 Å². The lowest BCUT2D eigenvalue weighted by molar-refractivity contribution is 0.560. The minimum absolute atomic E-state index is 0.1000. The van der Waals surface area contributed by atoms with Crippen molar-refractivity contribution in [2.24, 2.45) is 0 Å². The van der Waals surface area contributed by atoms with Crippen molar-refractivity contribution in [1.29, 1.82) is 0 Å². The van der Waals surface area contributed by atoms with Gasteiger partial charge in [0, 0.05) is 11.5 Å². The van der Waals surface area contributed by atoms with E-state index in [-0.39, 0.29) is 17.0 Å². The van der Waals surface area contributed by atoms with Gasteiger partial charge in [0.2, 0.25) is 0 Å². The predicted octanol–water partition coefficient (Wildman–Crippen LogP) is 3.12. The van der Waals surface area contributed by atoms with Crippen molar-refractivity contribution in [3.8, 4) is 11.5 Å². The molecule has 1 N–H and O–H groups in total. The van der Waals surface area contributed by atoms with Crippen molar-refractivity contribution < 1.29 is 0 Å². The zero-order valence-electron chi connectivity index (χ0n) is 12.4. The van der Waals surface area contributed by atoms with Crippen LogP contribution in [0.2, 0.25) is 0 Å². The van der Waals surface area contributed by atoms with Crippen LogP contribution in [0.3, 0.4) is 0 Å². The second kappa shape index (κ2) is 5.31. The third-order valence-electron chi connectivity index (χ3n) is 3.04. The number of hydrogen-bond acceptors (Lipinski definition) is 3. The second-order valence-corrected chi connectivity index (χ2v) is 7.19. The molecule has 2 heterocycles. The Hall–Kier alpha value is -1.18. The summed E-state index contributed by atoms with van der Waals surface area (Å²) in [5.41, 5.74) is 1.37. The van der Waals surface area contributed by atoms with Gasteiger partial charge in [-0.05, 0) is 36.4 Å². The number of hydrogen-bond donors (Lipinski definition) is 1. The monoisotopic (exact) mass is 386 g/mol. The fraction of sp³-hybridized carbons (Fsp3) is 0.500. The van der Waals surface area contributed by atoms with Crippen molar-refractivity contribution in [1.82, 2.24) is 19.5 Å². The highest BCUT2D eigenvalue weighted by molar-refractivity contribution is 14.1. The lowest BCUT2D eigenvalue weighted by atomic mass is 9.92. The number of rotatable bonds is 2. The maximum atomic E-state index is 12.2. The molecule has 0 bridgehead atoms. The van der Waals surface area contributed by atoms with Gasteiger partial charge in [-0.15, -0.1) is 0 Å². The fourth-order valence-corrected chi connectivity index (χ4v) is 3.04. The molecule has 0 unspecified atom stereocenters. The second-order valence-electron chi connectivity index (χ2n) is 6.11. The topological polar surface area (TPSA) is 63.6 Å². The highest BCUT2D eigenvalue weighted by Crippen LogP contribution is 2.26. The molecule has 108 valence electrons. The van der Waals surface area contributed by atoms with Gasteiger partial charge >= 0.3 is 0 Å². The Morgan fingerprint density at radius 3 is 2.55 bits per heavy atom. The SMILES string of the molecule is CC(C)n1cncc1-c1nc(C(C)(C)C)c(I)c(=O)[nH]1. The molecule has 0 aliphatic carbocycles. The minimum Gasteiger partial charge on any atom is -0.326 e. The largest absolute Gasteiger partial charge is 0.326 e. The van der Waals surface area contributed by atoms with E-state index in [0.717, 1.165) is 11.4 Å². The lowest BCUT2D eigenvalue weighted by Crippen LogP contribution is -2.24. The van der Waals surface area contributed by atoms with Crippen molar-refractivity contribution in [2.75, 3.05) is 0 Å². The van der Waals surface area contributed by atoms with Crippen LogP contribution in [0.15, 0.2) is 17.3 Å². The molecule has 0 saturated heterocycles. The Morgan fingerprint density at radius 1 is 1.35 bits per heavy atom. The van der Waals surface area contributed by atoms with Crippen LogP contribution in [0.5, 0.6) is 0 Å². The summed E-state index contributed by atoms with van der Waals surface area (Å²) in [6, 6.07) is 0.259. The molecule has 0 spiro atoms. The van der Waals surface area contributed by atoms with Crippen LogP contribution in [0, 0.1) is 3.57 Å². The first-order valence-corrected chi connectivity index (χ1v) is 7.62. The molecule has 6 heteroatoms. The van der Waals surface area contributed by atoms with Gasteiger partial charge in [-0.2, -0.15) is 0 Å². The van der Waals surface area contributed by atoms with Crippen molar-refractivity contribution in [3.63, 3.8) is 0 Å². The first kappa shape index (κ1) is 15.2. The third-order valence-corrected chi connectivity index (χ3v) is 4.04. The highest BCUT2D eigenvalue weighted by atomic mass is 127. The molecule has 2 aromatic rings. The summed E-state index contributed by atoms with van der Waals surface area (Å²) in [5, 5.41) is 0. The molecule has 0 atom stereocenters. The smallest absolute Gasteiger partial charge is 0.264 e. The van der Waals surface area contributed by atoms with Gasteiger partial charge in [-0.3, -0.25) is 4.79 Å². The minimum atomic E-state index is -0.178. The molecule has 0 aliphatic rings. The van der Waals surface area contributed by atoms with Crippen LogP contribution in [0.4, 0.5) is 0 Å². The summed E-state index contributed by atoms with van der Waals surface area (Å²) in [5.74, 6) is 0.576. The van der Waals surface area contributed by atoms with Crippen molar-refractivity contribution in [2.45, 2.75) is 46.1 Å². The van der Waals surface area contributed by atoms with E-state index in [1.54, 1.807) is 12.5 Å². The molecule has 0 saturated carbocycles. The van der Waals surface area contributed by atoms with E-state index in [0.29, 0.717) is 9.39 Å². The van der Waals surface area contributed by atoms with Gasteiger partial charge in [0.1, 0.15) is 9.26 Å². The van der Waals surface area contributed by atoms with Gasteiger partial charge in [-0.1, -0.05) is 20.8 Å². The van der Waals surface area contributed by atoms with Gasteiger partial charge in [-0.25, -0.2) is 9.97 Å². The third kappa shape index (κ3) is 2.79. The Morgan fingerprint density at radius 2 is 2.00 bits per heavy atom. The van der Waals surface area contributed by atoms with E-state index in [1.165, 1.54) is 0 Å². The quantitative estimate of drug-likeness (QED) is 0.807. The van der Waals surface area contributed by atoms with Crippen LogP contribution in [0.1, 0.15) is 46.4 Å². The maximum Gasteiger partial charge on any atom is 0.264 e. The lowest BCUT2D eigenvalue weighted by Gasteiger charge is -2.20. The first-order chi connectivity index (χ1) is 9.21. The Labute approximate surface area is 132 Å². The van der Waals surface area contributed by atoms with Gasteiger partial charge in [0.15, 0.2) is 5.82 Å². The van der Waals surface area contributed by atoms with E-state index in [1.807, 2.05) is 4.57 Å². The summed E-state index contributed by atoms with van der Waals surface area (Å²) in [6.07, 6.45) is 3.49. The molecule has 0 amide bonds. The van der Waals surface area contributed by atoms with E-state index in [4.69, 9.17) is 0 Å². The van der Waals surface area contributed by atoms with E-state index in [2.05, 4.69) is 72.2 Å². The highest BCUT2D eigenvalue weighted by Gasteiger charge is 2.23. The molecule has 2 aromatic heterocycles. The standard InChI is InChI=1S/C14H19IN4O/c1-8(2)19-7-16-6-9(19)12-17-11(14(3,4)5)10(15)13(20)18-12/h6-8H,1-5H3,(H,17,18,20). The number of halogens is 1. The molecule has 0 aliphatic heterocycles. The number of aromatic amines is 1. The summed E-state index contributed by atoms with van der Waals surface area (Å²) in [4.78, 5) is 23.8. The molecule has 0 radical (unpaired) electrons. The van der Waals surface area contributed by atoms with Gasteiger partial charge < -0.3 is 9.55 Å². The average molecular weight is 386 g/mol. The van der Waals surface area contributed by atoms with Gasteiger partial charge in [0.05, 0.1) is 18.2 Å². The van der Waals surface area contributed by atoms with Crippen molar-refractivity contribution >= 4 is 22.6 Å². The molecule has 5 nitrogen and oxygen atoms in total. The van der Waals surface area contributed by atoms with E-state index < -0.39 is 0 Å². The average Bonchev–Trinajstić information content (AvgIpc) is 2.80. The molecule has 0 aromatic carbocycles. The zero-order valence-corrected chi connectivity index (χ0v) is 14.5. The summed E-state index contributed by atoms with van der Waals surface area (Å²) < 4.78 is 2.65. The van der Waals surface area contributed by atoms with Crippen LogP contribution in [0.25, 0.3) is 11.5 Å². The molecule has 20 heavy (non-hydrogen) atoms. The fourth-order valence-electron chi connectivity index (χ4n) is 1.98. The van der Waals surface area contributed by atoms with Gasteiger partial charge in [0.25, 0.3) is 5.56 Å². The maximum absolute atomic E-state index is 12.2. The summed E-state index contributed by atoms with van der Waals surface area (Å²) in [7, 11) is 0. The van der Waals surface area contributed by atoms with E-state index >= 15 is 0 Å². The van der Waals surface area contributed by atoms with E-state index in [9.17, 15) is 4.79 Å². The number of imidazole rings is 1. The number of H-pyrrole nitrogens is 1. The first-order valence-electron chi connectivity index (χ1n) is 6.54. The Bertz CT molecular complexity index is 679.